The van der Waals surface area contributed by atoms with Crippen molar-refractivity contribution < 1.29 is 4.74 Å². The number of ether oxygens (including phenoxy) is 1. The highest BCUT2D eigenvalue weighted by atomic mass is 79.9. The van der Waals surface area contributed by atoms with Gasteiger partial charge in [-0.05, 0) is 12.5 Å². The third-order valence-electron chi connectivity index (χ3n) is 2.12. The summed E-state index contributed by atoms with van der Waals surface area (Å²) in [5.41, 5.74) is -0.228. The van der Waals surface area contributed by atoms with Crippen LogP contribution in [0.5, 0.6) is 0 Å². The second kappa shape index (κ2) is 3.96. The Balaban J connectivity index is 2.41. The first-order valence-electron chi connectivity index (χ1n) is 4.25. The fourth-order valence-electron chi connectivity index (χ4n) is 1.43. The van der Waals surface area contributed by atoms with Crippen LogP contribution in [-0.2, 0) is 4.74 Å². The quantitative estimate of drug-likeness (QED) is 0.626. The molecule has 0 aliphatic carbocycles. The number of nitrogens with zero attached hydrogens (tertiary/aromatic N) is 1. The molecular weight excluding hydrogens is 268 g/mol. The molecule has 4 nitrogen and oxygen atoms in total. The molecular formula is C8H9BrN2O2S. The number of aromatic nitrogens is 2. The van der Waals surface area contributed by atoms with Crippen molar-refractivity contribution in [2.75, 3.05) is 6.61 Å². The molecule has 0 amide bonds. The van der Waals surface area contributed by atoms with Crippen molar-refractivity contribution in [1.82, 2.24) is 9.55 Å². The lowest BCUT2D eigenvalue weighted by Crippen LogP contribution is -2.29. The first-order chi connectivity index (χ1) is 6.68. The van der Waals surface area contributed by atoms with Crippen LogP contribution in [0.4, 0.5) is 0 Å². The average molecular weight is 277 g/mol. The number of aromatic amines is 1. The van der Waals surface area contributed by atoms with E-state index < -0.39 is 0 Å². The van der Waals surface area contributed by atoms with Crippen LogP contribution < -0.4 is 5.69 Å². The molecule has 0 aromatic carbocycles. The molecule has 2 rings (SSSR count). The van der Waals surface area contributed by atoms with Gasteiger partial charge in [-0.15, -0.1) is 0 Å². The number of H-pyrrole nitrogens is 1. The largest absolute Gasteiger partial charge is 0.357 e. The van der Waals surface area contributed by atoms with E-state index in [1.807, 2.05) is 0 Å². The van der Waals surface area contributed by atoms with Crippen LogP contribution >= 0.6 is 28.1 Å². The third kappa shape index (κ3) is 1.82. The number of alkyl halides is 1. The normalized spacial score (nSPS) is 26.6. The van der Waals surface area contributed by atoms with Crippen LogP contribution in [0.25, 0.3) is 0 Å². The maximum Gasteiger partial charge on any atom is 0.328 e. The average Bonchev–Trinajstić information content (AvgIpc) is 2.52. The Morgan fingerprint density at radius 3 is 3.07 bits per heavy atom. The molecule has 6 heteroatoms. The van der Waals surface area contributed by atoms with E-state index in [1.54, 1.807) is 12.3 Å². The van der Waals surface area contributed by atoms with Crippen molar-refractivity contribution >= 4 is 28.1 Å². The van der Waals surface area contributed by atoms with Gasteiger partial charge in [0.15, 0.2) is 6.23 Å². The minimum absolute atomic E-state index is 0.185. The van der Waals surface area contributed by atoms with Gasteiger partial charge in [0.25, 0.3) is 0 Å². The molecule has 76 valence electrons. The topological polar surface area (TPSA) is 47.0 Å². The van der Waals surface area contributed by atoms with Gasteiger partial charge in [0.05, 0.1) is 11.4 Å². The summed E-state index contributed by atoms with van der Waals surface area (Å²) in [6.45, 7) is 0.669. The van der Waals surface area contributed by atoms with Crippen LogP contribution in [0.1, 0.15) is 12.6 Å². The van der Waals surface area contributed by atoms with Gasteiger partial charge in [-0.3, -0.25) is 9.55 Å². The number of halogens is 1. The van der Waals surface area contributed by atoms with Gasteiger partial charge < -0.3 is 4.74 Å². The molecule has 1 fully saturated rings. The minimum Gasteiger partial charge on any atom is -0.357 e. The molecule has 0 saturated carbocycles. The summed E-state index contributed by atoms with van der Waals surface area (Å²) in [5, 5.41) is 0. The van der Waals surface area contributed by atoms with E-state index in [-0.39, 0.29) is 16.7 Å². The summed E-state index contributed by atoms with van der Waals surface area (Å²) in [6.07, 6.45) is 2.34. The second-order valence-electron chi connectivity index (χ2n) is 3.08. The van der Waals surface area contributed by atoms with Crippen LogP contribution in [0.15, 0.2) is 17.1 Å². The highest BCUT2D eigenvalue weighted by molar-refractivity contribution is 9.09. The molecule has 0 bridgehead atoms. The molecule has 2 heterocycles. The van der Waals surface area contributed by atoms with E-state index in [2.05, 4.69) is 20.9 Å². The third-order valence-corrected chi connectivity index (χ3v) is 3.27. The Morgan fingerprint density at radius 2 is 2.50 bits per heavy atom. The van der Waals surface area contributed by atoms with Crippen LogP contribution in [0, 0.1) is 4.64 Å². The van der Waals surface area contributed by atoms with Gasteiger partial charge in [0.2, 0.25) is 0 Å². The Bertz CT molecular complexity index is 441. The highest BCUT2D eigenvalue weighted by Gasteiger charge is 2.27. The predicted molar refractivity (Wildman–Crippen MR) is 58.2 cm³/mol. The first-order valence-corrected chi connectivity index (χ1v) is 5.58. The number of hydrogen-bond acceptors (Lipinski definition) is 3. The molecule has 14 heavy (non-hydrogen) atoms. The van der Waals surface area contributed by atoms with Gasteiger partial charge in [-0.1, -0.05) is 28.1 Å². The van der Waals surface area contributed by atoms with E-state index in [4.69, 9.17) is 17.0 Å². The summed E-state index contributed by atoms with van der Waals surface area (Å²) in [7, 11) is 0. The Labute approximate surface area is 94.0 Å². The lowest BCUT2D eigenvalue weighted by atomic mass is 10.3. The lowest BCUT2D eigenvalue weighted by molar-refractivity contribution is 0.0559. The number of nitrogens with one attached hydrogen (secondary N) is 1. The van der Waals surface area contributed by atoms with E-state index in [1.165, 1.54) is 4.57 Å². The number of hydrogen-bond donors (Lipinski definition) is 1. The van der Waals surface area contributed by atoms with Crippen molar-refractivity contribution in [3.63, 3.8) is 0 Å². The van der Waals surface area contributed by atoms with E-state index in [0.29, 0.717) is 11.2 Å². The molecule has 1 saturated heterocycles. The summed E-state index contributed by atoms with van der Waals surface area (Å²) >= 11 is 8.31. The molecule has 0 unspecified atom stereocenters. The lowest BCUT2D eigenvalue weighted by Gasteiger charge is -2.15. The summed E-state index contributed by atoms with van der Waals surface area (Å²) in [4.78, 5) is 14.3. The fraction of sp³-hybridized carbons (Fsp3) is 0.500. The van der Waals surface area contributed by atoms with Crippen LogP contribution in [0.2, 0.25) is 0 Å². The zero-order valence-electron chi connectivity index (χ0n) is 7.27. The van der Waals surface area contributed by atoms with Gasteiger partial charge >= 0.3 is 5.69 Å². The maximum atomic E-state index is 11.5. The van der Waals surface area contributed by atoms with Crippen molar-refractivity contribution in [1.29, 1.82) is 0 Å². The molecule has 1 aromatic heterocycles. The molecule has 1 N–H and O–H groups in total. The minimum atomic E-state index is -0.228. The molecule has 1 aliphatic rings. The molecule has 0 spiro atoms. The van der Waals surface area contributed by atoms with Gasteiger partial charge in [0, 0.05) is 6.20 Å². The Morgan fingerprint density at radius 1 is 1.71 bits per heavy atom. The predicted octanol–water partition coefficient (Wildman–Crippen LogP) is 1.59. The molecule has 0 radical (unpaired) electrons. The van der Waals surface area contributed by atoms with E-state index >= 15 is 0 Å². The zero-order chi connectivity index (χ0) is 10.1. The van der Waals surface area contributed by atoms with Crippen molar-refractivity contribution in [3.05, 3.63) is 27.4 Å². The summed E-state index contributed by atoms with van der Waals surface area (Å²) < 4.78 is 7.39. The van der Waals surface area contributed by atoms with Crippen molar-refractivity contribution in [3.8, 4) is 0 Å². The Kier molecular flexibility index (Phi) is 2.85. The standard InChI is InChI=1S/C8H9BrN2O2S/c9-5-2-4-13-7(5)11-3-1-6(14)10-8(11)12/h1,3,5,7H,2,4H2,(H,10,12,14)/t5-,7-/m1/s1. The maximum absolute atomic E-state index is 11.5. The van der Waals surface area contributed by atoms with Crippen molar-refractivity contribution in [2.24, 2.45) is 0 Å². The molecule has 1 aromatic rings. The monoisotopic (exact) mass is 276 g/mol. The fourth-order valence-corrected chi connectivity index (χ4v) is 2.17. The SMILES string of the molecule is O=c1[nH]c(=S)ccn1[C@@H]1OCC[C@H]1Br. The van der Waals surface area contributed by atoms with E-state index in [9.17, 15) is 4.79 Å². The smallest absolute Gasteiger partial charge is 0.328 e. The van der Waals surface area contributed by atoms with Crippen LogP contribution in [0.3, 0.4) is 0 Å². The van der Waals surface area contributed by atoms with Gasteiger partial charge in [-0.2, -0.15) is 0 Å². The van der Waals surface area contributed by atoms with Gasteiger partial charge in [0.1, 0.15) is 4.64 Å². The molecule has 2 atom stereocenters. The second-order valence-corrected chi connectivity index (χ2v) is 4.70. The number of rotatable bonds is 1. The van der Waals surface area contributed by atoms with Crippen molar-refractivity contribution in [2.45, 2.75) is 17.5 Å². The highest BCUT2D eigenvalue weighted by Crippen LogP contribution is 2.28. The van der Waals surface area contributed by atoms with Crippen LogP contribution in [-0.4, -0.2) is 21.0 Å². The zero-order valence-corrected chi connectivity index (χ0v) is 9.68. The van der Waals surface area contributed by atoms with Gasteiger partial charge in [-0.25, -0.2) is 4.79 Å². The Hall–Kier alpha value is -0.460. The summed E-state index contributed by atoms with van der Waals surface area (Å²) in [5.74, 6) is 0. The molecule has 1 aliphatic heterocycles. The first kappa shape index (κ1) is 10.1. The summed E-state index contributed by atoms with van der Waals surface area (Å²) in [6, 6.07) is 1.68. The van der Waals surface area contributed by atoms with E-state index in [0.717, 1.165) is 6.42 Å².